The summed E-state index contributed by atoms with van der Waals surface area (Å²) in [6.07, 6.45) is 4.52. The summed E-state index contributed by atoms with van der Waals surface area (Å²) in [6.45, 7) is 5.91. The molecule has 1 heterocycles. The molecule has 94 valence electrons. The summed E-state index contributed by atoms with van der Waals surface area (Å²) in [4.78, 5) is 4.15. The number of pyridine rings is 1. The number of aromatic nitrogens is 1. The van der Waals surface area contributed by atoms with E-state index in [1.807, 2.05) is 32.0 Å². The molecular formula is C16H19NO. The van der Waals surface area contributed by atoms with Crippen molar-refractivity contribution < 1.29 is 5.11 Å². The lowest BCUT2D eigenvalue weighted by atomic mass is 9.88. The monoisotopic (exact) mass is 241 g/mol. The van der Waals surface area contributed by atoms with Crippen LogP contribution in [-0.4, -0.2) is 10.1 Å². The topological polar surface area (TPSA) is 33.1 Å². The van der Waals surface area contributed by atoms with Gasteiger partial charge in [0.1, 0.15) is 5.60 Å². The summed E-state index contributed by atoms with van der Waals surface area (Å²) >= 11 is 0. The third-order valence-corrected chi connectivity index (χ3v) is 3.36. The average Bonchev–Trinajstić information content (AvgIpc) is 2.39. The molecule has 2 aromatic rings. The fraction of sp³-hybridized carbons (Fsp3) is 0.312. The SMILES string of the molecule is CCc1ccc(C(C)(O)c2cncc(C)c2)cc1. The lowest BCUT2D eigenvalue weighted by Crippen LogP contribution is -2.23. The molecular weight excluding hydrogens is 222 g/mol. The van der Waals surface area contributed by atoms with Crippen LogP contribution in [-0.2, 0) is 12.0 Å². The van der Waals surface area contributed by atoms with Gasteiger partial charge in [-0.05, 0) is 43.0 Å². The van der Waals surface area contributed by atoms with Gasteiger partial charge < -0.3 is 5.11 Å². The van der Waals surface area contributed by atoms with E-state index >= 15 is 0 Å². The Balaban J connectivity index is 2.40. The molecule has 0 bridgehead atoms. The van der Waals surface area contributed by atoms with Crippen molar-refractivity contribution in [1.82, 2.24) is 4.98 Å². The van der Waals surface area contributed by atoms with Crippen molar-refractivity contribution >= 4 is 0 Å². The molecule has 1 atom stereocenters. The van der Waals surface area contributed by atoms with Crippen LogP contribution in [0.4, 0.5) is 0 Å². The average molecular weight is 241 g/mol. The highest BCUT2D eigenvalue weighted by Crippen LogP contribution is 2.29. The maximum absolute atomic E-state index is 10.7. The Labute approximate surface area is 108 Å². The van der Waals surface area contributed by atoms with Crippen molar-refractivity contribution in [2.45, 2.75) is 32.8 Å². The van der Waals surface area contributed by atoms with E-state index in [4.69, 9.17) is 0 Å². The molecule has 2 nitrogen and oxygen atoms in total. The van der Waals surface area contributed by atoms with E-state index in [1.165, 1.54) is 5.56 Å². The molecule has 1 unspecified atom stereocenters. The molecule has 18 heavy (non-hydrogen) atoms. The Morgan fingerprint density at radius 2 is 1.78 bits per heavy atom. The van der Waals surface area contributed by atoms with Crippen molar-refractivity contribution in [2.75, 3.05) is 0 Å². The predicted octanol–water partition coefficient (Wildman–Crippen LogP) is 3.21. The molecule has 0 aliphatic rings. The summed E-state index contributed by atoms with van der Waals surface area (Å²) in [5, 5.41) is 10.7. The van der Waals surface area contributed by atoms with E-state index in [-0.39, 0.29) is 0 Å². The Morgan fingerprint density at radius 3 is 2.33 bits per heavy atom. The van der Waals surface area contributed by atoms with E-state index in [9.17, 15) is 5.11 Å². The van der Waals surface area contributed by atoms with Crippen molar-refractivity contribution in [2.24, 2.45) is 0 Å². The standard InChI is InChI=1S/C16H19NO/c1-4-13-5-7-14(8-6-13)16(3,18)15-9-12(2)10-17-11-15/h5-11,18H,4H2,1-3H3. The first kappa shape index (κ1) is 12.8. The van der Waals surface area contributed by atoms with Crippen LogP contribution in [0.5, 0.6) is 0 Å². The van der Waals surface area contributed by atoms with E-state index < -0.39 is 5.60 Å². The van der Waals surface area contributed by atoms with Gasteiger partial charge >= 0.3 is 0 Å². The number of rotatable bonds is 3. The minimum atomic E-state index is -0.995. The van der Waals surface area contributed by atoms with Crippen LogP contribution >= 0.6 is 0 Å². The third-order valence-electron chi connectivity index (χ3n) is 3.36. The van der Waals surface area contributed by atoms with Gasteiger partial charge in [-0.1, -0.05) is 31.2 Å². The normalized spacial score (nSPS) is 14.2. The summed E-state index contributed by atoms with van der Waals surface area (Å²) in [6, 6.07) is 10.1. The number of benzene rings is 1. The maximum Gasteiger partial charge on any atom is 0.113 e. The highest BCUT2D eigenvalue weighted by Gasteiger charge is 2.25. The number of hydrogen-bond donors (Lipinski definition) is 1. The molecule has 0 fully saturated rings. The highest BCUT2D eigenvalue weighted by atomic mass is 16.3. The van der Waals surface area contributed by atoms with Crippen molar-refractivity contribution in [3.8, 4) is 0 Å². The van der Waals surface area contributed by atoms with Gasteiger partial charge in [-0.15, -0.1) is 0 Å². The van der Waals surface area contributed by atoms with Crippen LogP contribution in [0, 0.1) is 6.92 Å². The van der Waals surface area contributed by atoms with Gasteiger partial charge in [0.25, 0.3) is 0 Å². The van der Waals surface area contributed by atoms with E-state index in [0.717, 1.165) is 23.1 Å². The van der Waals surface area contributed by atoms with Crippen LogP contribution in [0.25, 0.3) is 0 Å². The lowest BCUT2D eigenvalue weighted by Gasteiger charge is -2.24. The number of nitrogens with zero attached hydrogens (tertiary/aromatic N) is 1. The Kier molecular flexibility index (Phi) is 3.48. The Bertz CT molecular complexity index is 529. The smallest absolute Gasteiger partial charge is 0.113 e. The zero-order chi connectivity index (χ0) is 13.2. The van der Waals surface area contributed by atoms with Gasteiger partial charge in [-0.3, -0.25) is 4.98 Å². The largest absolute Gasteiger partial charge is 0.381 e. The van der Waals surface area contributed by atoms with Gasteiger partial charge in [0.15, 0.2) is 0 Å². The van der Waals surface area contributed by atoms with E-state index in [0.29, 0.717) is 0 Å². The maximum atomic E-state index is 10.7. The van der Waals surface area contributed by atoms with E-state index in [2.05, 4.69) is 24.0 Å². The first-order valence-electron chi connectivity index (χ1n) is 6.28. The van der Waals surface area contributed by atoms with Crippen molar-refractivity contribution in [1.29, 1.82) is 0 Å². The molecule has 1 aromatic carbocycles. The molecule has 1 N–H and O–H groups in total. The minimum Gasteiger partial charge on any atom is -0.381 e. The van der Waals surface area contributed by atoms with Gasteiger partial charge in [-0.25, -0.2) is 0 Å². The molecule has 0 amide bonds. The second kappa shape index (κ2) is 4.91. The van der Waals surface area contributed by atoms with Gasteiger partial charge in [0.2, 0.25) is 0 Å². The summed E-state index contributed by atoms with van der Waals surface area (Å²) in [5.41, 5.74) is 3.05. The first-order valence-corrected chi connectivity index (χ1v) is 6.28. The quantitative estimate of drug-likeness (QED) is 0.895. The highest BCUT2D eigenvalue weighted by molar-refractivity contribution is 5.36. The molecule has 0 saturated heterocycles. The second-order valence-electron chi connectivity index (χ2n) is 4.87. The molecule has 0 saturated carbocycles. The second-order valence-corrected chi connectivity index (χ2v) is 4.87. The minimum absolute atomic E-state index is 0.826. The summed E-state index contributed by atoms with van der Waals surface area (Å²) < 4.78 is 0. The van der Waals surface area contributed by atoms with E-state index in [1.54, 1.807) is 12.4 Å². The number of aryl methyl sites for hydroxylation is 2. The predicted molar refractivity (Wildman–Crippen MR) is 73.5 cm³/mol. The third kappa shape index (κ3) is 2.44. The molecule has 2 heteroatoms. The fourth-order valence-corrected chi connectivity index (χ4v) is 2.05. The molecule has 0 spiro atoms. The fourth-order valence-electron chi connectivity index (χ4n) is 2.05. The van der Waals surface area contributed by atoms with Crippen LogP contribution in [0.1, 0.15) is 36.1 Å². The zero-order valence-electron chi connectivity index (χ0n) is 11.1. The van der Waals surface area contributed by atoms with Gasteiger partial charge in [-0.2, -0.15) is 0 Å². The van der Waals surface area contributed by atoms with Crippen molar-refractivity contribution in [3.63, 3.8) is 0 Å². The van der Waals surface area contributed by atoms with Crippen LogP contribution < -0.4 is 0 Å². The zero-order valence-corrected chi connectivity index (χ0v) is 11.1. The van der Waals surface area contributed by atoms with Crippen molar-refractivity contribution in [3.05, 3.63) is 65.0 Å². The Morgan fingerprint density at radius 1 is 1.11 bits per heavy atom. The van der Waals surface area contributed by atoms with Crippen LogP contribution in [0.3, 0.4) is 0 Å². The molecule has 2 rings (SSSR count). The summed E-state index contributed by atoms with van der Waals surface area (Å²) in [5.74, 6) is 0. The first-order chi connectivity index (χ1) is 8.54. The Hall–Kier alpha value is -1.67. The van der Waals surface area contributed by atoms with Gasteiger partial charge in [0.05, 0.1) is 0 Å². The molecule has 1 aromatic heterocycles. The molecule has 0 aliphatic carbocycles. The molecule has 0 radical (unpaired) electrons. The van der Waals surface area contributed by atoms with Crippen LogP contribution in [0.15, 0.2) is 42.7 Å². The molecule has 0 aliphatic heterocycles. The van der Waals surface area contributed by atoms with Crippen LogP contribution in [0.2, 0.25) is 0 Å². The number of aliphatic hydroxyl groups is 1. The lowest BCUT2D eigenvalue weighted by molar-refractivity contribution is 0.102. The summed E-state index contributed by atoms with van der Waals surface area (Å²) in [7, 11) is 0. The van der Waals surface area contributed by atoms with Gasteiger partial charge in [0, 0.05) is 18.0 Å². The number of hydrogen-bond acceptors (Lipinski definition) is 2.